The molecule has 4 aromatic rings. The van der Waals surface area contributed by atoms with Gasteiger partial charge in [0.2, 0.25) is 0 Å². The van der Waals surface area contributed by atoms with Gasteiger partial charge in [-0.15, -0.1) is 0 Å². The molecule has 0 aliphatic carbocycles. The number of carbonyl (C=O) groups excluding carboxylic acids is 1. The predicted molar refractivity (Wildman–Crippen MR) is 144 cm³/mol. The van der Waals surface area contributed by atoms with Gasteiger partial charge in [-0.25, -0.2) is 14.8 Å². The fourth-order valence-corrected chi connectivity index (χ4v) is 4.79. The molecule has 0 radical (unpaired) electrons. The molecule has 1 aliphatic heterocycles. The first-order valence-corrected chi connectivity index (χ1v) is 12.3. The normalized spacial score (nSPS) is 14.8. The summed E-state index contributed by atoms with van der Waals surface area (Å²) in [5.41, 5.74) is 7.07. The summed E-state index contributed by atoms with van der Waals surface area (Å²) in [6.07, 6.45) is 1.88. The number of nitrogens with two attached hydrogens (primary N) is 1. The van der Waals surface area contributed by atoms with Crippen molar-refractivity contribution in [2.75, 3.05) is 25.9 Å². The zero-order valence-corrected chi connectivity index (χ0v) is 22.0. The predicted octanol–water partition coefficient (Wildman–Crippen LogP) is 4.07. The molecule has 0 bridgehead atoms. The van der Waals surface area contributed by atoms with Gasteiger partial charge in [-0.1, -0.05) is 29.1 Å². The van der Waals surface area contributed by atoms with Gasteiger partial charge in [0.05, 0.1) is 28.9 Å². The zero-order valence-electron chi connectivity index (χ0n) is 20.4. The van der Waals surface area contributed by atoms with Crippen molar-refractivity contribution in [1.82, 2.24) is 24.0 Å². The van der Waals surface area contributed by atoms with Crippen LogP contribution >= 0.6 is 23.2 Å². The Morgan fingerprint density at radius 3 is 2.68 bits per heavy atom. The van der Waals surface area contributed by atoms with E-state index in [1.165, 1.54) is 18.0 Å². The largest absolute Gasteiger partial charge is 0.493 e. The minimum atomic E-state index is -0.367. The Hall–Kier alpha value is -4.20. The van der Waals surface area contributed by atoms with Crippen LogP contribution in [0.3, 0.4) is 0 Å². The van der Waals surface area contributed by atoms with Gasteiger partial charge in [-0.3, -0.25) is 13.9 Å². The number of rotatable bonds is 5. The maximum atomic E-state index is 13.8. The summed E-state index contributed by atoms with van der Waals surface area (Å²) in [5.74, 6) is 6.27. The number of nitrogens with zero attached hydrogens (tertiary/aromatic N) is 5. The Kier molecular flexibility index (Phi) is 6.89. The summed E-state index contributed by atoms with van der Waals surface area (Å²) in [6, 6.07) is 9.63. The molecule has 1 aliphatic rings. The van der Waals surface area contributed by atoms with Crippen molar-refractivity contribution in [3.8, 4) is 34.8 Å². The molecule has 1 saturated heterocycles. The van der Waals surface area contributed by atoms with Gasteiger partial charge in [0, 0.05) is 25.2 Å². The van der Waals surface area contributed by atoms with Crippen LogP contribution in [0, 0.1) is 11.8 Å². The number of benzene rings is 2. The van der Waals surface area contributed by atoms with Crippen molar-refractivity contribution < 1.29 is 14.3 Å². The van der Waals surface area contributed by atoms with E-state index in [1.807, 2.05) is 0 Å². The van der Waals surface area contributed by atoms with Gasteiger partial charge in [0.1, 0.15) is 17.6 Å². The molecule has 0 unspecified atom stereocenters. The Balaban J connectivity index is 1.57. The number of likely N-dealkylation sites (tertiary alicyclic amines) is 1. The highest BCUT2D eigenvalue weighted by Gasteiger charge is 2.31. The first-order valence-electron chi connectivity index (χ1n) is 11.6. The number of fused-ring (bicyclic) bond motifs is 1. The van der Waals surface area contributed by atoms with Crippen molar-refractivity contribution in [3.05, 3.63) is 63.3 Å². The van der Waals surface area contributed by atoms with Gasteiger partial charge < -0.3 is 20.1 Å². The Morgan fingerprint density at radius 1 is 1.13 bits per heavy atom. The van der Waals surface area contributed by atoms with Crippen LogP contribution in [-0.4, -0.2) is 50.1 Å². The summed E-state index contributed by atoms with van der Waals surface area (Å²) < 4.78 is 14.5. The summed E-state index contributed by atoms with van der Waals surface area (Å²) in [5, 5.41) is 0.758. The van der Waals surface area contributed by atoms with E-state index in [0.717, 1.165) is 0 Å². The lowest BCUT2D eigenvalue weighted by Gasteiger charge is -2.14. The maximum Gasteiger partial charge on any atom is 0.335 e. The highest BCUT2D eigenvalue weighted by molar-refractivity contribution is 6.42. The van der Waals surface area contributed by atoms with Gasteiger partial charge in [-0.05, 0) is 43.5 Å². The summed E-state index contributed by atoms with van der Waals surface area (Å²) in [6.45, 7) is 2.42. The topological polar surface area (TPSA) is 118 Å². The van der Waals surface area contributed by atoms with Crippen molar-refractivity contribution in [2.45, 2.75) is 19.4 Å². The van der Waals surface area contributed by atoms with Crippen molar-refractivity contribution in [1.29, 1.82) is 0 Å². The molecule has 2 aromatic carbocycles. The van der Waals surface area contributed by atoms with E-state index in [9.17, 15) is 9.59 Å². The van der Waals surface area contributed by atoms with Crippen LogP contribution < -0.4 is 20.9 Å². The molecular formula is C26H22Cl2N6O4. The Morgan fingerprint density at radius 2 is 1.95 bits per heavy atom. The third-order valence-corrected chi connectivity index (χ3v) is 6.99. The second kappa shape index (κ2) is 10.3. The van der Waals surface area contributed by atoms with Crippen LogP contribution in [0.25, 0.3) is 16.9 Å². The van der Waals surface area contributed by atoms with Gasteiger partial charge >= 0.3 is 5.69 Å². The van der Waals surface area contributed by atoms with Crippen molar-refractivity contribution in [2.24, 2.45) is 0 Å². The number of aromatic nitrogens is 4. The highest BCUT2D eigenvalue weighted by Crippen LogP contribution is 2.36. The number of methoxy groups -OCH3 is 1. The second-order valence-electron chi connectivity index (χ2n) is 8.50. The molecule has 10 nitrogen and oxygen atoms in total. The van der Waals surface area contributed by atoms with E-state index in [1.54, 1.807) is 52.8 Å². The standard InChI is InChI=1S/C26H22Cl2N6O4/c1-3-4-22(35)32-10-9-16(13-32)34-25-23(24(29)30-14-31-25)33(26(34)36)15-5-8-20(21(11-15)37-2)38-17-6-7-18(27)19(28)12-17/h5-8,11-12,14,16H,9-10,13H2,1-2H3,(H2,29,30,31)/t16-/m1/s1. The van der Waals surface area contributed by atoms with E-state index in [4.69, 9.17) is 38.4 Å². The third kappa shape index (κ3) is 4.51. The van der Waals surface area contributed by atoms with Crippen LogP contribution in [0.15, 0.2) is 47.5 Å². The van der Waals surface area contributed by atoms with Crippen LogP contribution in [0.4, 0.5) is 5.82 Å². The molecule has 0 spiro atoms. The fourth-order valence-electron chi connectivity index (χ4n) is 4.51. The van der Waals surface area contributed by atoms with Crippen LogP contribution in [0.1, 0.15) is 19.4 Å². The van der Waals surface area contributed by atoms with Gasteiger partial charge in [0.15, 0.2) is 23.0 Å². The fraction of sp³-hybridized carbons (Fsp3) is 0.231. The van der Waals surface area contributed by atoms with E-state index in [2.05, 4.69) is 21.8 Å². The molecule has 1 atom stereocenters. The van der Waals surface area contributed by atoms with Gasteiger partial charge in [-0.2, -0.15) is 0 Å². The smallest absolute Gasteiger partial charge is 0.335 e. The SMILES string of the molecule is CC#CC(=O)N1CC[C@@H](n2c(=O)n(-c3ccc(Oc4ccc(Cl)c(Cl)c4)c(OC)c3)c3c(N)ncnc32)C1. The summed E-state index contributed by atoms with van der Waals surface area (Å²) in [7, 11) is 1.49. The number of imidazole rings is 1. The Bertz CT molecular complexity index is 1690. The average Bonchev–Trinajstić information content (AvgIpc) is 3.49. The van der Waals surface area contributed by atoms with E-state index in [0.29, 0.717) is 63.7 Å². The minimum absolute atomic E-state index is 0.142. The molecule has 2 N–H and O–H groups in total. The van der Waals surface area contributed by atoms with Crippen LogP contribution in [0.2, 0.25) is 10.0 Å². The monoisotopic (exact) mass is 552 g/mol. The molecular weight excluding hydrogens is 531 g/mol. The number of nitrogen functional groups attached to an aromatic ring is 1. The van der Waals surface area contributed by atoms with Crippen LogP contribution in [0.5, 0.6) is 17.2 Å². The van der Waals surface area contributed by atoms with Crippen molar-refractivity contribution in [3.63, 3.8) is 0 Å². The first kappa shape index (κ1) is 25.4. The lowest BCUT2D eigenvalue weighted by atomic mass is 10.2. The summed E-state index contributed by atoms with van der Waals surface area (Å²) >= 11 is 12.1. The second-order valence-corrected chi connectivity index (χ2v) is 9.32. The molecule has 12 heteroatoms. The molecule has 1 fully saturated rings. The lowest BCUT2D eigenvalue weighted by Crippen LogP contribution is -2.31. The molecule has 5 rings (SSSR count). The number of amides is 1. The van der Waals surface area contributed by atoms with Crippen LogP contribution in [-0.2, 0) is 4.79 Å². The molecule has 3 heterocycles. The maximum absolute atomic E-state index is 13.8. The minimum Gasteiger partial charge on any atom is -0.493 e. The molecule has 2 aromatic heterocycles. The number of anilines is 1. The van der Waals surface area contributed by atoms with Crippen molar-refractivity contribution >= 4 is 46.1 Å². The number of hydrogen-bond acceptors (Lipinski definition) is 7. The third-order valence-electron chi connectivity index (χ3n) is 6.25. The molecule has 38 heavy (non-hydrogen) atoms. The molecule has 0 saturated carbocycles. The van der Waals surface area contributed by atoms with E-state index in [-0.39, 0.29) is 23.5 Å². The van der Waals surface area contributed by atoms with Gasteiger partial charge in [0.25, 0.3) is 5.91 Å². The molecule has 1 amide bonds. The highest BCUT2D eigenvalue weighted by atomic mass is 35.5. The lowest BCUT2D eigenvalue weighted by molar-refractivity contribution is -0.124. The molecule has 194 valence electrons. The first-order chi connectivity index (χ1) is 18.3. The zero-order chi connectivity index (χ0) is 27.0. The quantitative estimate of drug-likeness (QED) is 0.371. The average molecular weight is 553 g/mol. The van der Waals surface area contributed by atoms with E-state index >= 15 is 0 Å². The van der Waals surface area contributed by atoms with E-state index < -0.39 is 0 Å². The number of halogens is 2. The Labute approximate surface area is 227 Å². The summed E-state index contributed by atoms with van der Waals surface area (Å²) in [4.78, 5) is 36.2. The number of ether oxygens (including phenoxy) is 2. The number of carbonyl (C=O) groups is 1. The number of hydrogen-bond donors (Lipinski definition) is 1.